The van der Waals surface area contributed by atoms with Crippen LogP contribution in [0.25, 0.3) is 5.69 Å². The van der Waals surface area contributed by atoms with Crippen LogP contribution in [0.2, 0.25) is 0 Å². The van der Waals surface area contributed by atoms with Gasteiger partial charge in [-0.2, -0.15) is 0 Å². The third kappa shape index (κ3) is 12.2. The summed E-state index contributed by atoms with van der Waals surface area (Å²) in [6.07, 6.45) is 32.0. The van der Waals surface area contributed by atoms with Crippen LogP contribution in [0.15, 0.2) is 73.3 Å². The van der Waals surface area contributed by atoms with Gasteiger partial charge in [0, 0.05) is 0 Å². The van der Waals surface area contributed by atoms with E-state index in [1.807, 2.05) is 0 Å². The number of unbranched alkanes of at least 4 members (excludes halogenated alkanes) is 16. The molecule has 37 heavy (non-hydrogen) atoms. The Labute approximate surface area is 228 Å². The van der Waals surface area contributed by atoms with E-state index >= 15 is 0 Å². The van der Waals surface area contributed by atoms with Gasteiger partial charge in [0.25, 0.3) is 0 Å². The molecule has 2 aromatic carbocycles. The van der Waals surface area contributed by atoms with Crippen LogP contribution in [-0.2, 0) is 13.0 Å². The molecule has 0 spiro atoms. The van der Waals surface area contributed by atoms with Crippen molar-refractivity contribution in [1.82, 2.24) is 4.57 Å². The standard InChI is InChI=1S/C35H53N2/c1-2-3-4-5-6-7-8-9-10-11-12-13-14-15-16-17-21-26-34-27-22-23-28-35(34)37-30-29-36(32-37)31-33-24-19-18-20-25-33/h18-20,22-25,27-30,32H,2-17,21,26,31H2,1H3/q+1. The number of imidazole rings is 1. The molecular formula is C35H53N2+. The first kappa shape index (κ1) is 29.2. The van der Waals surface area contributed by atoms with E-state index in [9.17, 15) is 0 Å². The summed E-state index contributed by atoms with van der Waals surface area (Å²) in [7, 11) is 0. The van der Waals surface area contributed by atoms with Gasteiger partial charge in [0.15, 0.2) is 0 Å². The number of para-hydroxylation sites is 1. The van der Waals surface area contributed by atoms with E-state index in [2.05, 4.69) is 89.4 Å². The minimum atomic E-state index is 0.912. The molecule has 0 amide bonds. The number of hydrogen-bond donors (Lipinski definition) is 0. The van der Waals surface area contributed by atoms with Crippen molar-refractivity contribution in [3.05, 3.63) is 84.4 Å². The van der Waals surface area contributed by atoms with Crippen LogP contribution in [0, 0.1) is 0 Å². The maximum Gasteiger partial charge on any atom is 0.249 e. The molecule has 202 valence electrons. The predicted molar refractivity (Wildman–Crippen MR) is 159 cm³/mol. The molecule has 0 aliphatic heterocycles. The van der Waals surface area contributed by atoms with Crippen molar-refractivity contribution < 1.29 is 4.57 Å². The lowest BCUT2D eigenvalue weighted by Crippen LogP contribution is -2.31. The second-order valence-electron chi connectivity index (χ2n) is 11.0. The van der Waals surface area contributed by atoms with Gasteiger partial charge in [-0.1, -0.05) is 158 Å². The third-order valence-electron chi connectivity index (χ3n) is 7.72. The fraction of sp³-hybridized carbons (Fsp3) is 0.571. The molecule has 2 heteroatoms. The summed E-state index contributed by atoms with van der Waals surface area (Å²) in [5.74, 6) is 0. The van der Waals surface area contributed by atoms with Gasteiger partial charge in [-0.15, -0.1) is 0 Å². The molecular weight excluding hydrogens is 448 g/mol. The van der Waals surface area contributed by atoms with Crippen molar-refractivity contribution in [2.24, 2.45) is 0 Å². The fourth-order valence-electron chi connectivity index (χ4n) is 5.44. The molecule has 0 N–H and O–H groups in total. The number of rotatable bonds is 21. The van der Waals surface area contributed by atoms with Crippen LogP contribution < -0.4 is 4.57 Å². The molecule has 0 saturated carbocycles. The Bertz CT molecular complexity index is 943. The van der Waals surface area contributed by atoms with Crippen molar-refractivity contribution in [1.29, 1.82) is 0 Å². The lowest BCUT2D eigenvalue weighted by molar-refractivity contribution is -0.687. The summed E-state index contributed by atoms with van der Waals surface area (Å²) in [4.78, 5) is 0. The molecule has 0 saturated heterocycles. The van der Waals surface area contributed by atoms with Crippen LogP contribution in [0.4, 0.5) is 0 Å². The molecule has 0 radical (unpaired) electrons. The molecule has 3 rings (SSSR count). The summed E-state index contributed by atoms with van der Waals surface area (Å²) in [5, 5.41) is 0. The first-order chi connectivity index (χ1) is 18.4. The van der Waals surface area contributed by atoms with Gasteiger partial charge in [0.05, 0.1) is 0 Å². The number of aryl methyl sites for hydroxylation is 1. The Morgan fingerprint density at radius 1 is 0.568 bits per heavy atom. The average molecular weight is 502 g/mol. The van der Waals surface area contributed by atoms with E-state index in [1.165, 1.54) is 132 Å². The summed E-state index contributed by atoms with van der Waals surface area (Å²) in [6.45, 7) is 3.21. The van der Waals surface area contributed by atoms with E-state index in [0.717, 1.165) is 6.54 Å². The van der Waals surface area contributed by atoms with Crippen molar-refractivity contribution in [2.45, 2.75) is 129 Å². The molecule has 2 nitrogen and oxygen atoms in total. The molecule has 0 aliphatic carbocycles. The minimum Gasteiger partial charge on any atom is -0.232 e. The van der Waals surface area contributed by atoms with Gasteiger partial charge >= 0.3 is 0 Å². The van der Waals surface area contributed by atoms with Gasteiger partial charge in [0.1, 0.15) is 24.6 Å². The van der Waals surface area contributed by atoms with Gasteiger partial charge in [-0.3, -0.25) is 0 Å². The maximum absolute atomic E-state index is 2.31. The van der Waals surface area contributed by atoms with E-state index in [-0.39, 0.29) is 0 Å². The van der Waals surface area contributed by atoms with E-state index < -0.39 is 0 Å². The van der Waals surface area contributed by atoms with Crippen molar-refractivity contribution in [3.63, 3.8) is 0 Å². The van der Waals surface area contributed by atoms with Gasteiger partial charge in [-0.05, 0) is 30.0 Å². The smallest absolute Gasteiger partial charge is 0.232 e. The molecule has 0 bridgehead atoms. The van der Waals surface area contributed by atoms with E-state index in [0.29, 0.717) is 0 Å². The summed E-state index contributed by atoms with van der Waals surface area (Å²) < 4.78 is 4.55. The molecule has 0 atom stereocenters. The third-order valence-corrected chi connectivity index (χ3v) is 7.72. The highest BCUT2D eigenvalue weighted by atomic mass is 15.1. The maximum atomic E-state index is 2.31. The summed E-state index contributed by atoms with van der Waals surface area (Å²) in [6, 6.07) is 19.6. The molecule has 3 aromatic rings. The Balaban J connectivity index is 1.22. The van der Waals surface area contributed by atoms with E-state index in [4.69, 9.17) is 0 Å². The van der Waals surface area contributed by atoms with Crippen molar-refractivity contribution >= 4 is 0 Å². The van der Waals surface area contributed by atoms with Crippen molar-refractivity contribution in [3.8, 4) is 5.69 Å². The van der Waals surface area contributed by atoms with Gasteiger partial charge < -0.3 is 0 Å². The minimum absolute atomic E-state index is 0.912. The normalized spacial score (nSPS) is 11.3. The average Bonchev–Trinajstić information content (AvgIpc) is 3.39. The van der Waals surface area contributed by atoms with Crippen LogP contribution in [0.3, 0.4) is 0 Å². The highest BCUT2D eigenvalue weighted by Crippen LogP contribution is 2.18. The van der Waals surface area contributed by atoms with Crippen LogP contribution >= 0.6 is 0 Å². The summed E-state index contributed by atoms with van der Waals surface area (Å²) >= 11 is 0. The zero-order valence-corrected chi connectivity index (χ0v) is 23.8. The quantitative estimate of drug-likeness (QED) is 0.101. The Morgan fingerprint density at radius 2 is 1.08 bits per heavy atom. The zero-order chi connectivity index (χ0) is 25.8. The highest BCUT2D eigenvalue weighted by molar-refractivity contribution is 5.40. The van der Waals surface area contributed by atoms with Crippen molar-refractivity contribution in [2.75, 3.05) is 0 Å². The second kappa shape index (κ2) is 18.8. The van der Waals surface area contributed by atoms with Crippen LogP contribution in [-0.4, -0.2) is 4.57 Å². The van der Waals surface area contributed by atoms with Gasteiger partial charge in [-0.25, -0.2) is 9.13 Å². The first-order valence-electron chi connectivity index (χ1n) is 15.6. The first-order valence-corrected chi connectivity index (χ1v) is 15.6. The monoisotopic (exact) mass is 501 g/mol. The van der Waals surface area contributed by atoms with Crippen LogP contribution in [0.5, 0.6) is 0 Å². The molecule has 0 fully saturated rings. The second-order valence-corrected chi connectivity index (χ2v) is 11.0. The predicted octanol–water partition coefficient (Wildman–Crippen LogP) is 10.0. The number of aromatic nitrogens is 2. The zero-order valence-electron chi connectivity index (χ0n) is 23.8. The molecule has 0 unspecified atom stereocenters. The SMILES string of the molecule is CCCCCCCCCCCCCCCCCCCc1ccccc1-n1cc[n+](Cc2ccccc2)c1. The fourth-order valence-corrected chi connectivity index (χ4v) is 5.44. The number of benzene rings is 2. The molecule has 1 aromatic heterocycles. The lowest BCUT2D eigenvalue weighted by Gasteiger charge is -2.06. The molecule has 1 heterocycles. The van der Waals surface area contributed by atoms with Crippen LogP contribution in [0.1, 0.15) is 127 Å². The van der Waals surface area contributed by atoms with Gasteiger partial charge in [0.2, 0.25) is 6.33 Å². The number of nitrogens with zero attached hydrogens (tertiary/aromatic N) is 2. The number of hydrogen-bond acceptors (Lipinski definition) is 0. The summed E-state index contributed by atoms with van der Waals surface area (Å²) in [5.41, 5.74) is 4.12. The Kier molecular flexibility index (Phi) is 14.9. The molecule has 0 aliphatic rings. The highest BCUT2D eigenvalue weighted by Gasteiger charge is 2.11. The lowest BCUT2D eigenvalue weighted by atomic mass is 10.0. The largest absolute Gasteiger partial charge is 0.249 e. The van der Waals surface area contributed by atoms with E-state index in [1.54, 1.807) is 0 Å². The Hall–Kier alpha value is -2.35. The Morgan fingerprint density at radius 3 is 1.68 bits per heavy atom. The topological polar surface area (TPSA) is 8.81 Å².